The normalized spacial score (nSPS) is 29.2. The Morgan fingerprint density at radius 3 is 2.86 bits per heavy atom. The SMILES string of the molecule is O=C1C[C@@H](C(=O)N2CCCC[C@H]2c2nccs2)CN1C1CC1. The molecule has 3 heterocycles. The number of hydrogen-bond acceptors (Lipinski definition) is 4. The Labute approximate surface area is 134 Å². The van der Waals surface area contributed by atoms with Gasteiger partial charge in [0.15, 0.2) is 0 Å². The van der Waals surface area contributed by atoms with Crippen molar-refractivity contribution in [1.29, 1.82) is 0 Å². The minimum atomic E-state index is -0.145. The second kappa shape index (κ2) is 5.65. The Hall–Kier alpha value is -1.43. The van der Waals surface area contributed by atoms with Crippen LogP contribution in [0.15, 0.2) is 11.6 Å². The molecule has 0 spiro atoms. The van der Waals surface area contributed by atoms with Gasteiger partial charge in [-0.3, -0.25) is 9.59 Å². The average molecular weight is 319 g/mol. The highest BCUT2D eigenvalue weighted by Gasteiger charge is 2.44. The quantitative estimate of drug-likeness (QED) is 0.858. The first-order chi connectivity index (χ1) is 10.7. The molecule has 2 atom stereocenters. The molecule has 0 radical (unpaired) electrons. The van der Waals surface area contributed by atoms with Crippen LogP contribution < -0.4 is 0 Å². The lowest BCUT2D eigenvalue weighted by Gasteiger charge is -2.36. The zero-order chi connectivity index (χ0) is 15.1. The van der Waals surface area contributed by atoms with Crippen LogP contribution in [-0.4, -0.2) is 45.7 Å². The van der Waals surface area contributed by atoms with Gasteiger partial charge in [-0.25, -0.2) is 4.98 Å². The van der Waals surface area contributed by atoms with Gasteiger partial charge in [0.05, 0.1) is 12.0 Å². The number of hydrogen-bond donors (Lipinski definition) is 0. The molecule has 0 aromatic carbocycles. The molecule has 5 nitrogen and oxygen atoms in total. The van der Waals surface area contributed by atoms with Crippen molar-refractivity contribution in [1.82, 2.24) is 14.8 Å². The van der Waals surface area contributed by atoms with E-state index in [4.69, 9.17) is 0 Å². The fourth-order valence-electron chi connectivity index (χ4n) is 3.72. The van der Waals surface area contributed by atoms with Gasteiger partial charge in [-0.15, -0.1) is 11.3 Å². The lowest BCUT2D eigenvalue weighted by Crippen LogP contribution is -2.42. The van der Waals surface area contributed by atoms with Crippen LogP contribution in [0.2, 0.25) is 0 Å². The van der Waals surface area contributed by atoms with Crippen molar-refractivity contribution in [3.63, 3.8) is 0 Å². The number of piperidine rings is 1. The first-order valence-corrected chi connectivity index (χ1v) is 9.11. The van der Waals surface area contributed by atoms with E-state index in [0.717, 1.165) is 43.7 Å². The maximum atomic E-state index is 13.0. The van der Waals surface area contributed by atoms with Crippen molar-refractivity contribution < 1.29 is 9.59 Å². The fraction of sp³-hybridized carbons (Fsp3) is 0.688. The van der Waals surface area contributed by atoms with Crippen molar-refractivity contribution in [3.05, 3.63) is 16.6 Å². The fourth-order valence-corrected chi connectivity index (χ4v) is 4.51. The summed E-state index contributed by atoms with van der Waals surface area (Å²) in [6, 6.07) is 0.535. The van der Waals surface area contributed by atoms with Crippen LogP contribution in [0.25, 0.3) is 0 Å². The number of nitrogens with zero attached hydrogens (tertiary/aromatic N) is 3. The minimum Gasteiger partial charge on any atom is -0.339 e. The molecule has 2 saturated heterocycles. The van der Waals surface area contributed by atoms with Crippen molar-refractivity contribution in [3.8, 4) is 0 Å². The topological polar surface area (TPSA) is 53.5 Å². The number of carbonyl (C=O) groups is 2. The number of aromatic nitrogens is 1. The Bertz CT molecular complexity index is 570. The van der Waals surface area contributed by atoms with E-state index < -0.39 is 0 Å². The number of amides is 2. The summed E-state index contributed by atoms with van der Waals surface area (Å²) < 4.78 is 0. The van der Waals surface area contributed by atoms with Gasteiger partial charge in [-0.05, 0) is 32.1 Å². The first kappa shape index (κ1) is 14.2. The summed E-state index contributed by atoms with van der Waals surface area (Å²) >= 11 is 1.63. The predicted molar refractivity (Wildman–Crippen MR) is 83.3 cm³/mol. The van der Waals surface area contributed by atoms with Gasteiger partial charge < -0.3 is 9.80 Å². The molecule has 0 bridgehead atoms. The van der Waals surface area contributed by atoms with E-state index in [9.17, 15) is 9.59 Å². The molecule has 6 heteroatoms. The van der Waals surface area contributed by atoms with Crippen molar-refractivity contribution in [2.24, 2.45) is 5.92 Å². The zero-order valence-corrected chi connectivity index (χ0v) is 13.4. The molecular weight excluding hydrogens is 298 g/mol. The maximum absolute atomic E-state index is 13.0. The van der Waals surface area contributed by atoms with E-state index in [2.05, 4.69) is 4.98 Å². The number of carbonyl (C=O) groups excluding carboxylic acids is 2. The lowest BCUT2D eigenvalue weighted by atomic mass is 9.99. The Morgan fingerprint density at radius 2 is 2.14 bits per heavy atom. The summed E-state index contributed by atoms with van der Waals surface area (Å²) in [5.74, 6) is 0.189. The van der Waals surface area contributed by atoms with Crippen LogP contribution >= 0.6 is 11.3 Å². The molecule has 118 valence electrons. The Morgan fingerprint density at radius 1 is 1.27 bits per heavy atom. The molecule has 2 amide bonds. The highest BCUT2D eigenvalue weighted by atomic mass is 32.1. The van der Waals surface area contributed by atoms with Crippen LogP contribution in [0.5, 0.6) is 0 Å². The number of likely N-dealkylation sites (tertiary alicyclic amines) is 2. The smallest absolute Gasteiger partial charge is 0.228 e. The molecule has 1 aromatic heterocycles. The second-order valence-corrected chi connectivity index (χ2v) is 7.52. The summed E-state index contributed by atoms with van der Waals surface area (Å²) in [6.45, 7) is 1.43. The van der Waals surface area contributed by atoms with E-state index in [-0.39, 0.29) is 23.8 Å². The highest BCUT2D eigenvalue weighted by molar-refractivity contribution is 7.09. The standard InChI is InChI=1S/C16H21N3O2S/c20-14-9-11(10-19(14)12-4-5-12)16(21)18-7-2-1-3-13(18)15-17-6-8-22-15/h6,8,11-13H,1-5,7,9-10H2/t11-,13+/m1/s1. The van der Waals surface area contributed by atoms with Crippen LogP contribution in [-0.2, 0) is 9.59 Å². The van der Waals surface area contributed by atoms with Crippen LogP contribution in [0, 0.1) is 5.92 Å². The van der Waals surface area contributed by atoms with Gasteiger partial charge >= 0.3 is 0 Å². The summed E-state index contributed by atoms with van der Waals surface area (Å²) in [5.41, 5.74) is 0. The molecule has 1 aromatic rings. The molecule has 1 aliphatic carbocycles. The lowest BCUT2D eigenvalue weighted by molar-refractivity contribution is -0.139. The highest BCUT2D eigenvalue weighted by Crippen LogP contribution is 2.37. The molecule has 1 saturated carbocycles. The molecule has 0 N–H and O–H groups in total. The third-order valence-corrected chi connectivity index (χ3v) is 5.89. The zero-order valence-electron chi connectivity index (χ0n) is 12.6. The maximum Gasteiger partial charge on any atom is 0.228 e. The Balaban J connectivity index is 1.49. The Kier molecular flexibility index (Phi) is 3.64. The van der Waals surface area contributed by atoms with Crippen molar-refractivity contribution in [2.75, 3.05) is 13.1 Å². The summed E-state index contributed by atoms with van der Waals surface area (Å²) in [7, 11) is 0. The van der Waals surface area contributed by atoms with E-state index in [0.29, 0.717) is 19.0 Å². The first-order valence-electron chi connectivity index (χ1n) is 8.23. The van der Waals surface area contributed by atoms with Gasteiger partial charge in [0.2, 0.25) is 11.8 Å². The van der Waals surface area contributed by atoms with Crippen molar-refractivity contribution >= 4 is 23.2 Å². The minimum absolute atomic E-state index is 0.117. The second-order valence-electron chi connectivity index (χ2n) is 6.59. The largest absolute Gasteiger partial charge is 0.339 e. The van der Waals surface area contributed by atoms with Gasteiger partial charge in [-0.1, -0.05) is 0 Å². The molecule has 0 unspecified atom stereocenters. The van der Waals surface area contributed by atoms with E-state index in [1.54, 1.807) is 11.3 Å². The molecule has 2 aliphatic heterocycles. The summed E-state index contributed by atoms with van der Waals surface area (Å²) in [4.78, 5) is 33.4. The molecule has 22 heavy (non-hydrogen) atoms. The molecule has 3 fully saturated rings. The average Bonchev–Trinajstić information content (AvgIpc) is 3.09. The van der Waals surface area contributed by atoms with Crippen LogP contribution in [0.3, 0.4) is 0 Å². The van der Waals surface area contributed by atoms with Crippen LogP contribution in [0.1, 0.15) is 49.6 Å². The van der Waals surface area contributed by atoms with Gasteiger partial charge in [-0.2, -0.15) is 0 Å². The molecule has 3 aliphatic rings. The van der Waals surface area contributed by atoms with Gasteiger partial charge in [0.25, 0.3) is 0 Å². The number of rotatable bonds is 3. The van der Waals surface area contributed by atoms with Gasteiger partial charge in [0.1, 0.15) is 5.01 Å². The van der Waals surface area contributed by atoms with E-state index in [1.807, 2.05) is 21.4 Å². The third-order valence-electron chi connectivity index (χ3n) is 5.02. The third kappa shape index (κ3) is 2.53. The number of thiazole rings is 1. The van der Waals surface area contributed by atoms with E-state index >= 15 is 0 Å². The van der Waals surface area contributed by atoms with E-state index in [1.165, 1.54) is 0 Å². The summed E-state index contributed by atoms with van der Waals surface area (Å²) in [6.07, 6.45) is 7.62. The predicted octanol–water partition coefficient (Wildman–Crippen LogP) is 2.21. The van der Waals surface area contributed by atoms with Gasteiger partial charge in [0, 0.05) is 37.1 Å². The van der Waals surface area contributed by atoms with Crippen molar-refractivity contribution in [2.45, 2.75) is 50.6 Å². The molecule has 4 rings (SSSR count). The van der Waals surface area contributed by atoms with Crippen LogP contribution in [0.4, 0.5) is 0 Å². The monoisotopic (exact) mass is 319 g/mol. The molecular formula is C16H21N3O2S. The summed E-state index contributed by atoms with van der Waals surface area (Å²) in [5, 5.41) is 3.01.